The molecule has 0 saturated heterocycles. The maximum Gasteiger partial charge on any atom is 0.280 e. The van der Waals surface area contributed by atoms with Crippen LogP contribution in [0.3, 0.4) is 0 Å². The highest BCUT2D eigenvalue weighted by Crippen LogP contribution is 2.66. The van der Waals surface area contributed by atoms with Gasteiger partial charge in [-0.25, -0.2) is 9.97 Å². The topological polar surface area (TPSA) is 115 Å². The van der Waals surface area contributed by atoms with Gasteiger partial charge in [0.25, 0.3) is 5.56 Å². The molecule has 1 aromatic carbocycles. The second-order valence-electron chi connectivity index (χ2n) is 8.51. The van der Waals surface area contributed by atoms with Crippen molar-refractivity contribution in [1.82, 2.24) is 29.2 Å². The molecule has 0 spiro atoms. The Hall–Kier alpha value is -3.80. The summed E-state index contributed by atoms with van der Waals surface area (Å²) in [5, 5.41) is 13.2. The number of fused-ring (bicyclic) bond motifs is 2. The minimum Gasteiger partial charge on any atom is -0.337 e. The summed E-state index contributed by atoms with van der Waals surface area (Å²) in [4.78, 5) is 25.6. The highest BCUT2D eigenvalue weighted by molar-refractivity contribution is 5.68. The average molecular weight is 413 g/mol. The fraction of sp³-hybridized carbons (Fsp3) is 0.364. The van der Waals surface area contributed by atoms with Crippen LogP contribution in [0.15, 0.2) is 46.2 Å². The lowest BCUT2D eigenvalue weighted by molar-refractivity contribution is 0.363. The van der Waals surface area contributed by atoms with Crippen LogP contribution in [0, 0.1) is 23.2 Å². The van der Waals surface area contributed by atoms with Crippen molar-refractivity contribution in [1.29, 1.82) is 5.26 Å². The molecule has 0 amide bonds. The molecule has 2 saturated carbocycles. The molecule has 6 rings (SSSR count). The Labute approximate surface area is 177 Å². The Balaban J connectivity index is 1.15. The van der Waals surface area contributed by atoms with Gasteiger partial charge in [0.2, 0.25) is 5.89 Å². The van der Waals surface area contributed by atoms with Crippen LogP contribution < -0.4 is 5.56 Å². The number of benzene rings is 1. The molecule has 0 radical (unpaired) electrons. The van der Waals surface area contributed by atoms with Crippen LogP contribution in [0.25, 0.3) is 11.2 Å². The summed E-state index contributed by atoms with van der Waals surface area (Å²) in [6, 6.07) is 10.1. The van der Waals surface area contributed by atoms with Gasteiger partial charge in [0.15, 0.2) is 17.0 Å². The van der Waals surface area contributed by atoms with Crippen molar-refractivity contribution in [2.45, 2.75) is 31.2 Å². The number of imidazole rings is 1. The van der Waals surface area contributed by atoms with Gasteiger partial charge in [-0.15, -0.1) is 0 Å². The van der Waals surface area contributed by atoms with E-state index in [1.54, 1.807) is 17.9 Å². The van der Waals surface area contributed by atoms with Gasteiger partial charge in [0.1, 0.15) is 12.9 Å². The lowest BCUT2D eigenvalue weighted by atomic mass is 9.91. The van der Waals surface area contributed by atoms with Gasteiger partial charge in [-0.3, -0.25) is 9.36 Å². The van der Waals surface area contributed by atoms with Crippen molar-refractivity contribution in [3.63, 3.8) is 0 Å². The molecule has 4 atom stereocenters. The lowest BCUT2D eigenvalue weighted by Gasteiger charge is -2.13. The largest absolute Gasteiger partial charge is 0.337 e. The smallest absolute Gasteiger partial charge is 0.280 e. The summed E-state index contributed by atoms with van der Waals surface area (Å²) in [6.07, 6.45) is 5.25. The van der Waals surface area contributed by atoms with Crippen molar-refractivity contribution < 1.29 is 4.52 Å². The number of aromatic nitrogens is 6. The van der Waals surface area contributed by atoms with Gasteiger partial charge in [0.05, 0.1) is 18.0 Å². The lowest BCUT2D eigenvalue weighted by Crippen LogP contribution is -2.22. The zero-order valence-electron chi connectivity index (χ0n) is 16.8. The molecule has 9 nitrogen and oxygen atoms in total. The van der Waals surface area contributed by atoms with Gasteiger partial charge in [-0.1, -0.05) is 17.3 Å². The van der Waals surface area contributed by atoms with Crippen molar-refractivity contribution >= 4 is 11.2 Å². The molecule has 0 bridgehead atoms. The molecule has 2 aliphatic carbocycles. The van der Waals surface area contributed by atoms with Crippen LogP contribution in [0.1, 0.15) is 47.5 Å². The Kier molecular flexibility index (Phi) is 3.84. The maximum absolute atomic E-state index is 12.7. The molecule has 4 aromatic rings. The first kappa shape index (κ1) is 18.0. The summed E-state index contributed by atoms with van der Waals surface area (Å²) in [7, 11) is 1.77. The standard InChI is InChI=1S/C22H19N7O2/c1-28-10-24-21-19(28)22(30)29(11-25-21)9-17-26-20(27-31-17)18-15-6-14(7-16(15)18)13-4-2-12(8-23)3-5-13/h2-5,10-11,14-16,18H,6-7,9H2,1H3/t14?,15-,16+,18+. The van der Waals surface area contributed by atoms with Crippen LogP contribution in [-0.4, -0.2) is 29.2 Å². The predicted molar refractivity (Wildman–Crippen MR) is 109 cm³/mol. The Morgan fingerprint density at radius 2 is 1.90 bits per heavy atom. The van der Waals surface area contributed by atoms with E-state index in [2.05, 4.69) is 38.3 Å². The number of hydrogen-bond acceptors (Lipinski definition) is 7. The Morgan fingerprint density at radius 3 is 2.65 bits per heavy atom. The molecule has 31 heavy (non-hydrogen) atoms. The second kappa shape index (κ2) is 6.60. The molecule has 0 N–H and O–H groups in total. The van der Waals surface area contributed by atoms with E-state index < -0.39 is 0 Å². The van der Waals surface area contributed by atoms with Crippen molar-refractivity contribution in [3.05, 3.63) is 70.1 Å². The minimum atomic E-state index is -0.182. The highest BCUT2D eigenvalue weighted by atomic mass is 16.5. The van der Waals surface area contributed by atoms with Gasteiger partial charge < -0.3 is 9.09 Å². The number of rotatable bonds is 4. The number of aryl methyl sites for hydroxylation is 1. The van der Waals surface area contributed by atoms with Crippen LogP contribution in [0.5, 0.6) is 0 Å². The summed E-state index contributed by atoms with van der Waals surface area (Å²) in [6.45, 7) is 0.190. The first-order valence-corrected chi connectivity index (χ1v) is 10.3. The summed E-state index contributed by atoms with van der Waals surface area (Å²) >= 11 is 0. The molecule has 1 unspecified atom stereocenters. The van der Waals surface area contributed by atoms with Gasteiger partial charge >= 0.3 is 0 Å². The van der Waals surface area contributed by atoms with Gasteiger partial charge in [0, 0.05) is 13.0 Å². The normalized spacial score (nSPS) is 24.3. The first-order chi connectivity index (χ1) is 15.1. The Bertz CT molecular complexity index is 1380. The van der Waals surface area contributed by atoms with E-state index in [9.17, 15) is 4.79 Å². The van der Waals surface area contributed by atoms with Crippen LogP contribution in [-0.2, 0) is 13.6 Å². The van der Waals surface area contributed by atoms with E-state index in [1.165, 1.54) is 16.5 Å². The molecule has 2 fully saturated rings. The molecular formula is C22H19N7O2. The third-order valence-electron chi connectivity index (χ3n) is 6.74. The third kappa shape index (κ3) is 2.86. The molecule has 3 heterocycles. The molecule has 0 aliphatic heterocycles. The molecule has 154 valence electrons. The molecule has 3 aromatic heterocycles. The predicted octanol–water partition coefficient (Wildman–Crippen LogP) is 2.34. The van der Waals surface area contributed by atoms with Crippen LogP contribution in [0.4, 0.5) is 0 Å². The fourth-order valence-electron chi connectivity index (χ4n) is 5.12. The van der Waals surface area contributed by atoms with Crippen LogP contribution >= 0.6 is 0 Å². The summed E-state index contributed by atoms with van der Waals surface area (Å²) in [5.74, 6) is 3.16. The monoisotopic (exact) mass is 413 g/mol. The van der Waals surface area contributed by atoms with Crippen molar-refractivity contribution in [2.24, 2.45) is 18.9 Å². The molecular weight excluding hydrogens is 394 g/mol. The zero-order valence-corrected chi connectivity index (χ0v) is 16.8. The fourth-order valence-corrected chi connectivity index (χ4v) is 5.12. The maximum atomic E-state index is 12.7. The van der Waals surface area contributed by atoms with Gasteiger partial charge in [-0.2, -0.15) is 10.2 Å². The quantitative estimate of drug-likeness (QED) is 0.504. The highest BCUT2D eigenvalue weighted by Gasteiger charge is 2.58. The van der Waals surface area contributed by atoms with E-state index in [1.807, 2.05) is 12.1 Å². The number of hydrogen-bond donors (Lipinski definition) is 0. The van der Waals surface area contributed by atoms with E-state index in [-0.39, 0.29) is 12.1 Å². The molecule has 2 aliphatic rings. The number of nitrogens with zero attached hydrogens (tertiary/aromatic N) is 7. The zero-order chi connectivity index (χ0) is 21.1. The van der Waals surface area contributed by atoms with E-state index >= 15 is 0 Å². The van der Waals surface area contributed by atoms with E-state index in [0.29, 0.717) is 46.3 Å². The van der Waals surface area contributed by atoms with Crippen molar-refractivity contribution in [2.75, 3.05) is 0 Å². The van der Waals surface area contributed by atoms with Crippen molar-refractivity contribution in [3.8, 4) is 6.07 Å². The SMILES string of the molecule is Cn1cnc2ncn(Cc3nc([C@H]4[C@@H]5CC(c6ccc(C#N)cc6)C[C@@H]54)no3)c(=O)c21. The molecule has 9 heteroatoms. The summed E-state index contributed by atoms with van der Waals surface area (Å²) < 4.78 is 8.58. The minimum absolute atomic E-state index is 0.182. The third-order valence-corrected chi connectivity index (χ3v) is 6.74. The summed E-state index contributed by atoms with van der Waals surface area (Å²) in [5.41, 5.74) is 2.70. The van der Waals surface area contributed by atoms with E-state index in [0.717, 1.165) is 18.7 Å². The van der Waals surface area contributed by atoms with E-state index in [4.69, 9.17) is 9.78 Å². The number of nitriles is 1. The van der Waals surface area contributed by atoms with Crippen LogP contribution in [0.2, 0.25) is 0 Å². The average Bonchev–Trinajstić information content (AvgIpc) is 3.21. The first-order valence-electron chi connectivity index (χ1n) is 10.3. The second-order valence-corrected chi connectivity index (χ2v) is 8.51. The Morgan fingerprint density at radius 1 is 1.16 bits per heavy atom. The van der Waals surface area contributed by atoms with Gasteiger partial charge in [-0.05, 0) is 48.3 Å².